The molecule has 1 aromatic heterocycles. The minimum absolute atomic E-state index is 0.0666. The largest absolute Gasteiger partial charge is 0.384 e. The van der Waals surface area contributed by atoms with Crippen molar-refractivity contribution in [3.63, 3.8) is 0 Å². The summed E-state index contributed by atoms with van der Waals surface area (Å²) < 4.78 is 1.78. The molecular weight excluding hydrogens is 268 g/mol. The van der Waals surface area contributed by atoms with Crippen molar-refractivity contribution in [2.24, 2.45) is 12.8 Å². The molecule has 0 aliphatic rings. The van der Waals surface area contributed by atoms with Gasteiger partial charge >= 0.3 is 0 Å². The first kappa shape index (κ1) is 14.7. The van der Waals surface area contributed by atoms with Crippen LogP contribution in [0.25, 0.3) is 0 Å². The highest BCUT2D eigenvalue weighted by molar-refractivity contribution is 7.99. The molecule has 0 unspecified atom stereocenters. The molecule has 0 fully saturated rings. The number of benzene rings is 1. The summed E-state index contributed by atoms with van der Waals surface area (Å²) in [7, 11) is 1.88. The van der Waals surface area contributed by atoms with Gasteiger partial charge in [-0.3, -0.25) is 10.1 Å². The van der Waals surface area contributed by atoms with Gasteiger partial charge in [0.1, 0.15) is 10.9 Å². The number of nitrogen functional groups attached to an aromatic ring is 1. The van der Waals surface area contributed by atoms with E-state index < -0.39 is 0 Å². The average Bonchev–Trinajstić information content (AvgIpc) is 2.64. The van der Waals surface area contributed by atoms with E-state index in [1.54, 1.807) is 16.4 Å². The van der Waals surface area contributed by atoms with Crippen LogP contribution >= 0.6 is 11.8 Å². The number of nitrogens with zero attached hydrogens (tertiary/aromatic N) is 2. The maximum Gasteiger partial charge on any atom is 0.127 e. The number of amidine groups is 1. The van der Waals surface area contributed by atoms with Gasteiger partial charge in [0.25, 0.3) is 0 Å². The highest BCUT2D eigenvalue weighted by atomic mass is 32.2. The van der Waals surface area contributed by atoms with Gasteiger partial charge in [0.05, 0.1) is 11.3 Å². The number of rotatable bonds is 4. The summed E-state index contributed by atoms with van der Waals surface area (Å²) in [6.45, 7) is 6.24. The maximum absolute atomic E-state index is 7.70. The Labute approximate surface area is 123 Å². The van der Waals surface area contributed by atoms with Crippen molar-refractivity contribution in [2.75, 3.05) is 0 Å². The van der Waals surface area contributed by atoms with Crippen molar-refractivity contribution in [3.05, 3.63) is 41.1 Å². The summed E-state index contributed by atoms with van der Waals surface area (Å²) in [5.74, 6) is 0.595. The van der Waals surface area contributed by atoms with Gasteiger partial charge in [-0.05, 0) is 30.5 Å². The molecule has 0 bridgehead atoms. The van der Waals surface area contributed by atoms with Gasteiger partial charge in [0.15, 0.2) is 0 Å². The molecule has 0 amide bonds. The van der Waals surface area contributed by atoms with Gasteiger partial charge in [-0.15, -0.1) is 0 Å². The molecule has 1 heterocycles. The molecule has 0 saturated heterocycles. The number of aryl methyl sites for hydroxylation is 2. The zero-order chi connectivity index (χ0) is 14.9. The SMILES string of the molecule is Cc1nn(C)c(Sc2ccc(C(C)C)cc2)c1C(=N)N. The van der Waals surface area contributed by atoms with Crippen molar-refractivity contribution < 1.29 is 0 Å². The van der Waals surface area contributed by atoms with Crippen LogP contribution in [0.15, 0.2) is 34.2 Å². The Morgan fingerprint density at radius 1 is 1.30 bits per heavy atom. The van der Waals surface area contributed by atoms with Crippen molar-refractivity contribution >= 4 is 17.6 Å². The number of hydrogen-bond acceptors (Lipinski definition) is 3. The quantitative estimate of drug-likeness (QED) is 0.670. The summed E-state index contributed by atoms with van der Waals surface area (Å²) in [6, 6.07) is 8.49. The van der Waals surface area contributed by atoms with Crippen LogP contribution in [-0.4, -0.2) is 15.6 Å². The third-order valence-electron chi connectivity index (χ3n) is 3.20. The molecule has 3 N–H and O–H groups in total. The van der Waals surface area contributed by atoms with Gasteiger partial charge in [-0.2, -0.15) is 5.10 Å². The van der Waals surface area contributed by atoms with Crippen LogP contribution < -0.4 is 5.73 Å². The van der Waals surface area contributed by atoms with Crippen LogP contribution in [0.3, 0.4) is 0 Å². The molecule has 20 heavy (non-hydrogen) atoms. The second-order valence-corrected chi connectivity index (χ2v) is 6.19. The summed E-state index contributed by atoms with van der Waals surface area (Å²) in [5.41, 5.74) is 8.50. The van der Waals surface area contributed by atoms with Gasteiger partial charge in [-0.25, -0.2) is 0 Å². The average molecular weight is 288 g/mol. The van der Waals surface area contributed by atoms with E-state index in [0.717, 1.165) is 21.2 Å². The molecule has 2 rings (SSSR count). The zero-order valence-corrected chi connectivity index (χ0v) is 13.1. The van der Waals surface area contributed by atoms with Crippen LogP contribution in [0.2, 0.25) is 0 Å². The molecule has 2 aromatic rings. The molecule has 5 heteroatoms. The minimum atomic E-state index is 0.0666. The fourth-order valence-corrected chi connectivity index (χ4v) is 3.12. The Kier molecular flexibility index (Phi) is 4.18. The highest BCUT2D eigenvalue weighted by Gasteiger charge is 2.16. The monoisotopic (exact) mass is 288 g/mol. The first-order valence-corrected chi connectivity index (χ1v) is 7.37. The molecular formula is C15H20N4S. The molecule has 0 aliphatic heterocycles. The summed E-state index contributed by atoms with van der Waals surface area (Å²) >= 11 is 1.59. The summed E-state index contributed by atoms with van der Waals surface area (Å²) in [5, 5.41) is 13.0. The number of nitrogens with one attached hydrogen (secondary N) is 1. The third kappa shape index (κ3) is 2.88. The van der Waals surface area contributed by atoms with E-state index in [4.69, 9.17) is 11.1 Å². The van der Waals surface area contributed by atoms with Crippen molar-refractivity contribution in [1.82, 2.24) is 9.78 Å². The molecule has 0 aliphatic carbocycles. The van der Waals surface area contributed by atoms with E-state index in [1.807, 2.05) is 14.0 Å². The van der Waals surface area contributed by atoms with Crippen molar-refractivity contribution in [1.29, 1.82) is 5.41 Å². The van der Waals surface area contributed by atoms with Gasteiger partial charge in [0, 0.05) is 11.9 Å². The zero-order valence-electron chi connectivity index (χ0n) is 12.3. The molecule has 0 radical (unpaired) electrons. The first-order chi connectivity index (χ1) is 9.40. The predicted molar refractivity (Wildman–Crippen MR) is 83.6 cm³/mol. The molecule has 106 valence electrons. The topological polar surface area (TPSA) is 67.7 Å². The van der Waals surface area contributed by atoms with Gasteiger partial charge in [0.2, 0.25) is 0 Å². The predicted octanol–water partition coefficient (Wildman–Crippen LogP) is 3.29. The minimum Gasteiger partial charge on any atom is -0.384 e. The lowest BCUT2D eigenvalue weighted by Gasteiger charge is -2.08. The second kappa shape index (κ2) is 5.71. The maximum atomic E-state index is 7.70. The Hall–Kier alpha value is -1.75. The highest BCUT2D eigenvalue weighted by Crippen LogP contribution is 2.32. The van der Waals surface area contributed by atoms with E-state index in [0.29, 0.717) is 5.92 Å². The Bertz CT molecular complexity index is 626. The molecule has 0 spiro atoms. The fraction of sp³-hybridized carbons (Fsp3) is 0.333. The van der Waals surface area contributed by atoms with Crippen molar-refractivity contribution in [2.45, 2.75) is 36.6 Å². The third-order valence-corrected chi connectivity index (χ3v) is 4.37. The van der Waals surface area contributed by atoms with Crippen LogP contribution in [0, 0.1) is 12.3 Å². The first-order valence-electron chi connectivity index (χ1n) is 6.56. The lowest BCUT2D eigenvalue weighted by Crippen LogP contribution is -2.13. The Balaban J connectivity index is 2.32. The van der Waals surface area contributed by atoms with Crippen LogP contribution in [0.1, 0.15) is 36.6 Å². The molecule has 0 atom stereocenters. The molecule has 1 aromatic carbocycles. The smallest absolute Gasteiger partial charge is 0.127 e. The second-order valence-electron chi connectivity index (χ2n) is 5.13. The molecule has 4 nitrogen and oxygen atoms in total. The van der Waals surface area contributed by atoms with E-state index in [-0.39, 0.29) is 5.84 Å². The van der Waals surface area contributed by atoms with E-state index in [2.05, 4.69) is 43.2 Å². The lowest BCUT2D eigenvalue weighted by atomic mass is 10.0. The Morgan fingerprint density at radius 2 is 1.90 bits per heavy atom. The van der Waals surface area contributed by atoms with Crippen LogP contribution in [0.4, 0.5) is 0 Å². The number of hydrogen-bond donors (Lipinski definition) is 2. The fourth-order valence-electron chi connectivity index (χ4n) is 2.10. The Morgan fingerprint density at radius 3 is 2.40 bits per heavy atom. The van der Waals surface area contributed by atoms with Crippen LogP contribution in [0.5, 0.6) is 0 Å². The van der Waals surface area contributed by atoms with Crippen LogP contribution in [-0.2, 0) is 7.05 Å². The molecule has 0 saturated carbocycles. The van der Waals surface area contributed by atoms with Gasteiger partial charge < -0.3 is 5.73 Å². The van der Waals surface area contributed by atoms with E-state index >= 15 is 0 Å². The summed E-state index contributed by atoms with van der Waals surface area (Å²) in [6.07, 6.45) is 0. The van der Waals surface area contributed by atoms with Gasteiger partial charge in [-0.1, -0.05) is 37.7 Å². The van der Waals surface area contributed by atoms with E-state index in [1.165, 1.54) is 5.56 Å². The number of aromatic nitrogens is 2. The number of nitrogens with two attached hydrogens (primary N) is 1. The standard InChI is InChI=1S/C15H20N4S/c1-9(2)11-5-7-12(8-6-11)20-15-13(14(16)17)10(3)18-19(15)4/h5-9H,1-4H3,(H3,16,17). The van der Waals surface area contributed by atoms with Crippen molar-refractivity contribution in [3.8, 4) is 0 Å². The van der Waals surface area contributed by atoms with E-state index in [9.17, 15) is 0 Å². The lowest BCUT2D eigenvalue weighted by molar-refractivity contribution is 0.692. The summed E-state index contributed by atoms with van der Waals surface area (Å²) in [4.78, 5) is 1.12. The normalized spacial score (nSPS) is 11.1.